The predicted molar refractivity (Wildman–Crippen MR) is 63.8 cm³/mol. The van der Waals surface area contributed by atoms with Crippen LogP contribution < -0.4 is 11.1 Å². The number of carbonyl (C=O) groups is 1. The van der Waals surface area contributed by atoms with Crippen molar-refractivity contribution in [1.29, 1.82) is 0 Å². The molecule has 0 heterocycles. The maximum atomic E-state index is 11.9. The molecule has 2 aliphatic carbocycles. The van der Waals surface area contributed by atoms with E-state index in [4.69, 9.17) is 5.73 Å². The Hall–Kier alpha value is -1.51. The standard InChI is InChI=1S/C13H16N2O/c14-11-2-1-3-12(7-11)15-13(16)10-5-8-4-9(8)6-10/h1-3,7-10H,4-6,14H2,(H,15,16). The van der Waals surface area contributed by atoms with Gasteiger partial charge in [0.15, 0.2) is 0 Å². The van der Waals surface area contributed by atoms with Gasteiger partial charge in [-0.25, -0.2) is 0 Å². The van der Waals surface area contributed by atoms with Gasteiger partial charge in [-0.1, -0.05) is 6.07 Å². The van der Waals surface area contributed by atoms with Crippen LogP contribution in [0.4, 0.5) is 11.4 Å². The Morgan fingerprint density at radius 1 is 1.25 bits per heavy atom. The highest BCUT2D eigenvalue weighted by atomic mass is 16.1. The van der Waals surface area contributed by atoms with Gasteiger partial charge in [0.25, 0.3) is 0 Å². The van der Waals surface area contributed by atoms with E-state index in [-0.39, 0.29) is 11.8 Å². The molecule has 0 radical (unpaired) electrons. The first-order chi connectivity index (χ1) is 7.72. The summed E-state index contributed by atoms with van der Waals surface area (Å²) in [6, 6.07) is 7.36. The van der Waals surface area contributed by atoms with Crippen molar-refractivity contribution in [3.8, 4) is 0 Å². The van der Waals surface area contributed by atoms with E-state index >= 15 is 0 Å². The summed E-state index contributed by atoms with van der Waals surface area (Å²) in [5.74, 6) is 2.08. The fraction of sp³-hybridized carbons (Fsp3) is 0.462. The highest BCUT2D eigenvalue weighted by Gasteiger charge is 2.47. The zero-order valence-corrected chi connectivity index (χ0v) is 9.15. The molecule has 0 saturated heterocycles. The second-order valence-corrected chi connectivity index (χ2v) is 5.04. The Morgan fingerprint density at radius 3 is 2.69 bits per heavy atom. The van der Waals surface area contributed by atoms with E-state index < -0.39 is 0 Å². The van der Waals surface area contributed by atoms with Crippen molar-refractivity contribution in [3.05, 3.63) is 24.3 Å². The van der Waals surface area contributed by atoms with Crippen LogP contribution in [-0.2, 0) is 4.79 Å². The van der Waals surface area contributed by atoms with E-state index in [2.05, 4.69) is 5.32 Å². The molecule has 2 unspecified atom stereocenters. The van der Waals surface area contributed by atoms with Crippen LogP contribution in [0.5, 0.6) is 0 Å². The summed E-state index contributed by atoms with van der Waals surface area (Å²) in [5.41, 5.74) is 7.16. The van der Waals surface area contributed by atoms with Crippen LogP contribution in [0.15, 0.2) is 24.3 Å². The number of hydrogen-bond donors (Lipinski definition) is 2. The van der Waals surface area contributed by atoms with Crippen molar-refractivity contribution in [3.63, 3.8) is 0 Å². The first kappa shape index (κ1) is 9.70. The van der Waals surface area contributed by atoms with Crippen LogP contribution in [-0.4, -0.2) is 5.91 Å². The summed E-state index contributed by atoms with van der Waals surface area (Å²) < 4.78 is 0. The molecule has 3 nitrogen and oxygen atoms in total. The third-order valence-corrected chi connectivity index (χ3v) is 3.77. The molecule has 0 aromatic heterocycles. The van der Waals surface area contributed by atoms with E-state index in [0.29, 0.717) is 5.69 Å². The molecule has 1 aromatic rings. The van der Waals surface area contributed by atoms with Crippen molar-refractivity contribution in [2.45, 2.75) is 19.3 Å². The number of nitrogen functional groups attached to an aromatic ring is 1. The van der Waals surface area contributed by atoms with Crippen molar-refractivity contribution >= 4 is 17.3 Å². The first-order valence-corrected chi connectivity index (χ1v) is 5.89. The molecule has 0 bridgehead atoms. The molecule has 2 saturated carbocycles. The average molecular weight is 216 g/mol. The molecule has 3 heteroatoms. The average Bonchev–Trinajstić information content (AvgIpc) is 2.86. The quantitative estimate of drug-likeness (QED) is 0.745. The second kappa shape index (κ2) is 3.51. The Balaban J connectivity index is 1.64. The monoisotopic (exact) mass is 216 g/mol. The summed E-state index contributed by atoms with van der Waals surface area (Å²) in [4.78, 5) is 11.9. The zero-order valence-electron chi connectivity index (χ0n) is 9.15. The minimum atomic E-state index is 0.165. The molecule has 1 amide bonds. The summed E-state index contributed by atoms with van der Waals surface area (Å²) in [5, 5.41) is 2.95. The smallest absolute Gasteiger partial charge is 0.227 e. The number of amides is 1. The van der Waals surface area contributed by atoms with Crippen LogP contribution in [0.25, 0.3) is 0 Å². The molecule has 0 spiro atoms. The number of benzene rings is 1. The summed E-state index contributed by atoms with van der Waals surface area (Å²) in [7, 11) is 0. The lowest BCUT2D eigenvalue weighted by molar-refractivity contribution is -0.120. The topological polar surface area (TPSA) is 55.1 Å². The number of carbonyl (C=O) groups excluding carboxylic acids is 1. The van der Waals surface area contributed by atoms with Gasteiger partial charge in [-0.05, 0) is 49.3 Å². The fourth-order valence-electron chi connectivity index (χ4n) is 2.79. The molecule has 16 heavy (non-hydrogen) atoms. The highest BCUT2D eigenvalue weighted by molar-refractivity contribution is 5.93. The second-order valence-electron chi connectivity index (χ2n) is 5.04. The van der Waals surface area contributed by atoms with E-state index in [1.165, 1.54) is 6.42 Å². The number of fused-ring (bicyclic) bond motifs is 1. The van der Waals surface area contributed by atoms with E-state index in [1.807, 2.05) is 18.2 Å². The Bertz CT molecular complexity index is 420. The van der Waals surface area contributed by atoms with Gasteiger partial charge < -0.3 is 11.1 Å². The number of hydrogen-bond acceptors (Lipinski definition) is 2. The van der Waals surface area contributed by atoms with Crippen molar-refractivity contribution < 1.29 is 4.79 Å². The summed E-state index contributed by atoms with van der Waals surface area (Å²) >= 11 is 0. The summed E-state index contributed by atoms with van der Waals surface area (Å²) in [6.45, 7) is 0. The van der Waals surface area contributed by atoms with Gasteiger partial charge >= 0.3 is 0 Å². The third kappa shape index (κ3) is 1.77. The van der Waals surface area contributed by atoms with Crippen LogP contribution in [0.1, 0.15) is 19.3 Å². The van der Waals surface area contributed by atoms with Crippen LogP contribution in [0.2, 0.25) is 0 Å². The van der Waals surface area contributed by atoms with Gasteiger partial charge in [0, 0.05) is 17.3 Å². The van der Waals surface area contributed by atoms with E-state index in [9.17, 15) is 4.79 Å². The normalized spacial score (nSPS) is 30.9. The molecule has 2 aliphatic rings. The Morgan fingerprint density at radius 2 is 2.00 bits per heavy atom. The van der Waals surface area contributed by atoms with E-state index in [1.54, 1.807) is 6.07 Å². The van der Waals surface area contributed by atoms with Crippen LogP contribution in [0.3, 0.4) is 0 Å². The first-order valence-electron chi connectivity index (χ1n) is 5.89. The highest BCUT2D eigenvalue weighted by Crippen LogP contribution is 2.54. The van der Waals surface area contributed by atoms with Gasteiger partial charge in [-0.3, -0.25) is 4.79 Å². The zero-order chi connectivity index (χ0) is 11.1. The molecular formula is C13H16N2O. The van der Waals surface area contributed by atoms with Gasteiger partial charge in [0.05, 0.1) is 0 Å². The van der Waals surface area contributed by atoms with Gasteiger partial charge in [-0.2, -0.15) is 0 Å². The lowest BCUT2D eigenvalue weighted by Gasteiger charge is -2.12. The predicted octanol–water partition coefficient (Wildman–Crippen LogP) is 2.25. The Kier molecular flexibility index (Phi) is 2.13. The summed E-state index contributed by atoms with van der Waals surface area (Å²) in [6.07, 6.45) is 3.51. The molecule has 2 atom stereocenters. The van der Waals surface area contributed by atoms with Crippen molar-refractivity contribution in [1.82, 2.24) is 0 Å². The van der Waals surface area contributed by atoms with Crippen molar-refractivity contribution in [2.24, 2.45) is 17.8 Å². The molecule has 1 aromatic carbocycles. The lowest BCUT2D eigenvalue weighted by atomic mass is 10.0. The number of anilines is 2. The number of rotatable bonds is 2. The maximum Gasteiger partial charge on any atom is 0.227 e. The fourth-order valence-corrected chi connectivity index (χ4v) is 2.79. The molecule has 84 valence electrons. The molecular weight excluding hydrogens is 200 g/mol. The molecule has 3 N–H and O–H groups in total. The number of nitrogens with two attached hydrogens (primary N) is 1. The number of nitrogens with one attached hydrogen (secondary N) is 1. The Labute approximate surface area is 95.0 Å². The molecule has 2 fully saturated rings. The van der Waals surface area contributed by atoms with E-state index in [0.717, 1.165) is 30.4 Å². The van der Waals surface area contributed by atoms with Crippen molar-refractivity contribution in [2.75, 3.05) is 11.1 Å². The van der Waals surface area contributed by atoms with Gasteiger partial charge in [0.1, 0.15) is 0 Å². The molecule has 3 rings (SSSR count). The minimum absolute atomic E-state index is 0.165. The SMILES string of the molecule is Nc1cccc(NC(=O)C2CC3CC3C2)c1. The van der Waals surface area contributed by atoms with Crippen LogP contribution >= 0.6 is 0 Å². The molecule has 0 aliphatic heterocycles. The maximum absolute atomic E-state index is 11.9. The van der Waals surface area contributed by atoms with Gasteiger partial charge in [0.2, 0.25) is 5.91 Å². The third-order valence-electron chi connectivity index (χ3n) is 3.77. The van der Waals surface area contributed by atoms with Gasteiger partial charge in [-0.15, -0.1) is 0 Å². The van der Waals surface area contributed by atoms with Crippen LogP contribution in [0, 0.1) is 17.8 Å². The largest absolute Gasteiger partial charge is 0.399 e. The minimum Gasteiger partial charge on any atom is -0.399 e. The lowest BCUT2D eigenvalue weighted by Crippen LogP contribution is -2.21.